The minimum Gasteiger partial charge on any atom is -0.484 e. The largest absolute Gasteiger partial charge is 0.484 e. The summed E-state index contributed by atoms with van der Waals surface area (Å²) in [5.41, 5.74) is 1.23. The number of benzene rings is 2. The maximum absolute atomic E-state index is 14.2. The van der Waals surface area contributed by atoms with Gasteiger partial charge in [0.1, 0.15) is 17.1 Å². The van der Waals surface area contributed by atoms with E-state index in [1.807, 2.05) is 35.0 Å². The van der Waals surface area contributed by atoms with Gasteiger partial charge in [0.2, 0.25) is 0 Å². The summed E-state index contributed by atoms with van der Waals surface area (Å²) in [4.78, 5) is 22.9. The van der Waals surface area contributed by atoms with E-state index in [1.54, 1.807) is 12.5 Å². The van der Waals surface area contributed by atoms with E-state index >= 15 is 0 Å². The number of carbonyl (C=O) groups excluding carboxylic acids is 1. The number of hydrogen-bond donors (Lipinski definition) is 0. The second-order valence-corrected chi connectivity index (χ2v) is 8.95. The van der Waals surface area contributed by atoms with Crippen LogP contribution in [0.15, 0.2) is 55.1 Å². The highest BCUT2D eigenvalue weighted by molar-refractivity contribution is 7.22. The Morgan fingerprint density at radius 2 is 2.00 bits per heavy atom. The summed E-state index contributed by atoms with van der Waals surface area (Å²) < 4.78 is 35.8. The zero-order valence-electron chi connectivity index (χ0n) is 18.4. The van der Waals surface area contributed by atoms with Crippen LogP contribution in [0, 0.1) is 11.6 Å². The molecule has 0 atom stereocenters. The predicted molar refractivity (Wildman–Crippen MR) is 125 cm³/mol. The Kier molecular flexibility index (Phi) is 6.98. The molecule has 4 rings (SSSR count). The first-order valence-corrected chi connectivity index (χ1v) is 11.5. The zero-order valence-corrected chi connectivity index (χ0v) is 19.2. The minimum atomic E-state index is -0.750. The Bertz CT molecular complexity index is 1220. The van der Waals surface area contributed by atoms with Gasteiger partial charge in [-0.25, -0.2) is 18.7 Å². The molecule has 0 saturated carbocycles. The molecule has 2 aromatic heterocycles. The van der Waals surface area contributed by atoms with Crippen LogP contribution in [-0.2, 0) is 11.3 Å². The first-order chi connectivity index (χ1) is 15.9. The first-order valence-electron chi connectivity index (χ1n) is 10.6. The smallest absolute Gasteiger partial charge is 0.266 e. The highest BCUT2D eigenvalue weighted by Crippen LogP contribution is 2.31. The van der Waals surface area contributed by atoms with Crippen LogP contribution < -0.4 is 9.64 Å². The molecule has 0 bridgehead atoms. The van der Waals surface area contributed by atoms with E-state index in [0.717, 1.165) is 17.4 Å². The third-order valence-corrected chi connectivity index (χ3v) is 6.23. The molecule has 0 N–H and O–H groups in total. The summed E-state index contributed by atoms with van der Waals surface area (Å²) in [6, 6.07) is 9.63. The van der Waals surface area contributed by atoms with Crippen LogP contribution in [0.3, 0.4) is 0 Å². The van der Waals surface area contributed by atoms with Gasteiger partial charge >= 0.3 is 0 Å². The van der Waals surface area contributed by atoms with Gasteiger partial charge in [0.15, 0.2) is 17.6 Å². The van der Waals surface area contributed by atoms with Gasteiger partial charge in [0, 0.05) is 31.5 Å². The molecule has 9 heteroatoms. The van der Waals surface area contributed by atoms with Gasteiger partial charge in [0.25, 0.3) is 5.91 Å². The summed E-state index contributed by atoms with van der Waals surface area (Å²) in [5, 5.41) is 0.309. The first kappa shape index (κ1) is 22.8. The van der Waals surface area contributed by atoms with Gasteiger partial charge in [-0.3, -0.25) is 9.69 Å². The lowest BCUT2D eigenvalue weighted by molar-refractivity contribution is -0.120. The van der Waals surface area contributed by atoms with E-state index < -0.39 is 11.6 Å². The average Bonchev–Trinajstić information content (AvgIpc) is 3.45. The molecule has 2 heterocycles. The van der Waals surface area contributed by atoms with E-state index in [1.165, 1.54) is 16.5 Å². The summed E-state index contributed by atoms with van der Waals surface area (Å²) in [6.45, 7) is 5.01. The van der Waals surface area contributed by atoms with Gasteiger partial charge in [0.05, 0.1) is 11.0 Å². The number of amides is 1. The molecule has 0 saturated heterocycles. The molecule has 172 valence electrons. The van der Waals surface area contributed by atoms with Crippen molar-refractivity contribution >= 4 is 32.6 Å². The fourth-order valence-corrected chi connectivity index (χ4v) is 4.44. The average molecular weight is 471 g/mol. The number of nitrogens with zero attached hydrogens (tertiary/aromatic N) is 4. The Morgan fingerprint density at radius 1 is 1.21 bits per heavy atom. The van der Waals surface area contributed by atoms with Crippen molar-refractivity contribution in [3.8, 4) is 5.75 Å². The molecule has 0 aliphatic heterocycles. The number of aromatic nitrogens is 3. The minimum absolute atomic E-state index is 0.0500. The molecule has 0 radical (unpaired) electrons. The van der Waals surface area contributed by atoms with Crippen molar-refractivity contribution in [2.24, 2.45) is 0 Å². The van der Waals surface area contributed by atoms with Crippen LogP contribution in [0.4, 0.5) is 13.9 Å². The fourth-order valence-electron chi connectivity index (χ4n) is 3.39. The molecule has 1 amide bonds. The summed E-state index contributed by atoms with van der Waals surface area (Å²) in [7, 11) is 0. The summed E-state index contributed by atoms with van der Waals surface area (Å²) in [5.74, 6) is -0.755. The highest BCUT2D eigenvalue weighted by Gasteiger charge is 2.22. The van der Waals surface area contributed by atoms with Gasteiger partial charge in [-0.1, -0.05) is 37.3 Å². The number of aryl methyl sites for hydroxylation is 1. The lowest BCUT2D eigenvalue weighted by Gasteiger charge is -2.20. The Morgan fingerprint density at radius 3 is 2.70 bits per heavy atom. The molecular weight excluding hydrogens is 446 g/mol. The van der Waals surface area contributed by atoms with Crippen molar-refractivity contribution < 1.29 is 18.3 Å². The van der Waals surface area contributed by atoms with Gasteiger partial charge in [-0.05, 0) is 36.1 Å². The molecule has 0 aliphatic carbocycles. The summed E-state index contributed by atoms with van der Waals surface area (Å²) >= 11 is 1.08. The number of fused-ring (bicyclic) bond motifs is 1. The SMILES string of the molecule is CC(C)c1ccc(OCC(=O)N(CCCn2ccnc2)c2nc3c(F)cc(F)cc3s2)cc1. The molecule has 33 heavy (non-hydrogen) atoms. The van der Waals surface area contributed by atoms with Crippen LogP contribution in [-0.4, -0.2) is 33.6 Å². The van der Waals surface area contributed by atoms with Crippen LogP contribution in [0.25, 0.3) is 10.2 Å². The second kappa shape index (κ2) is 10.1. The molecule has 0 fully saturated rings. The van der Waals surface area contributed by atoms with Crippen molar-refractivity contribution in [2.75, 3.05) is 18.1 Å². The van der Waals surface area contributed by atoms with Crippen LogP contribution in [0.1, 0.15) is 31.7 Å². The third kappa shape index (κ3) is 5.54. The molecular formula is C24H24F2N4O2S. The molecule has 4 aromatic rings. The van der Waals surface area contributed by atoms with Crippen LogP contribution in [0.5, 0.6) is 5.75 Å². The highest BCUT2D eigenvalue weighted by atomic mass is 32.1. The third-order valence-electron chi connectivity index (χ3n) is 5.20. The van der Waals surface area contributed by atoms with E-state index in [0.29, 0.717) is 41.0 Å². The quantitative estimate of drug-likeness (QED) is 0.329. The summed E-state index contributed by atoms with van der Waals surface area (Å²) in [6.07, 6.45) is 5.85. The van der Waals surface area contributed by atoms with E-state index in [4.69, 9.17) is 4.74 Å². The second-order valence-electron chi connectivity index (χ2n) is 7.94. The standard InChI is InChI=1S/C24H24F2N4O2S/c1-16(2)17-4-6-19(7-5-17)32-14-22(31)30(10-3-9-29-11-8-27-15-29)24-28-23-20(26)12-18(25)13-21(23)33-24/h4-8,11-13,15-16H,3,9-10,14H2,1-2H3. The number of ether oxygens (including phenoxy) is 1. The Balaban J connectivity index is 1.51. The van der Waals surface area contributed by atoms with E-state index in [9.17, 15) is 13.6 Å². The number of rotatable bonds is 9. The molecule has 6 nitrogen and oxygen atoms in total. The number of thiazole rings is 1. The molecule has 0 spiro atoms. The molecule has 2 aromatic carbocycles. The molecule has 0 unspecified atom stereocenters. The monoisotopic (exact) mass is 470 g/mol. The van der Waals surface area contributed by atoms with Crippen molar-refractivity contribution in [1.29, 1.82) is 0 Å². The number of anilines is 1. The van der Waals surface area contributed by atoms with Crippen molar-refractivity contribution in [3.05, 3.63) is 72.3 Å². The van der Waals surface area contributed by atoms with Gasteiger partial charge in [-0.2, -0.15) is 0 Å². The van der Waals surface area contributed by atoms with Crippen LogP contribution >= 0.6 is 11.3 Å². The van der Waals surface area contributed by atoms with Crippen molar-refractivity contribution in [3.63, 3.8) is 0 Å². The van der Waals surface area contributed by atoms with Crippen molar-refractivity contribution in [1.82, 2.24) is 14.5 Å². The number of hydrogen-bond acceptors (Lipinski definition) is 5. The number of imidazole rings is 1. The fraction of sp³-hybridized carbons (Fsp3) is 0.292. The van der Waals surface area contributed by atoms with E-state index in [2.05, 4.69) is 23.8 Å². The lowest BCUT2D eigenvalue weighted by atomic mass is 10.0. The lowest BCUT2D eigenvalue weighted by Crippen LogP contribution is -2.36. The topological polar surface area (TPSA) is 60.2 Å². The van der Waals surface area contributed by atoms with Gasteiger partial charge < -0.3 is 9.30 Å². The Hall–Kier alpha value is -3.33. The predicted octanol–water partition coefficient (Wildman–Crippen LogP) is 5.40. The van der Waals surface area contributed by atoms with Gasteiger partial charge in [-0.15, -0.1) is 0 Å². The van der Waals surface area contributed by atoms with Crippen LogP contribution in [0.2, 0.25) is 0 Å². The van der Waals surface area contributed by atoms with Crippen molar-refractivity contribution in [2.45, 2.75) is 32.7 Å². The Labute approximate surface area is 194 Å². The number of carbonyl (C=O) groups is 1. The normalized spacial score (nSPS) is 11.3. The zero-order chi connectivity index (χ0) is 23.4. The maximum Gasteiger partial charge on any atom is 0.266 e. The van der Waals surface area contributed by atoms with E-state index in [-0.39, 0.29) is 18.0 Å². The molecule has 0 aliphatic rings. The maximum atomic E-state index is 14.2. The number of halogens is 2.